The van der Waals surface area contributed by atoms with Crippen LogP contribution in [0.15, 0.2) is 24.4 Å². The summed E-state index contributed by atoms with van der Waals surface area (Å²) in [6.07, 6.45) is 0.928. The Morgan fingerprint density at radius 1 is 1.24 bits per heavy atom. The van der Waals surface area contributed by atoms with E-state index in [1.165, 1.54) is 12.1 Å². The van der Waals surface area contributed by atoms with E-state index >= 15 is 0 Å². The molecule has 4 nitrogen and oxygen atoms in total. The standard InChI is InChI=1S/C10H7ClF2N4/c11-6-2-1-5(3-7(6)12)16-9-8(13)4-15-10(14)17-9/h1-4H,(H3,14,15,16,17). The molecule has 3 N–H and O–H groups in total. The third-order valence-corrected chi connectivity index (χ3v) is 2.25. The molecule has 0 spiro atoms. The number of nitrogens with zero attached hydrogens (tertiary/aromatic N) is 2. The van der Waals surface area contributed by atoms with Gasteiger partial charge in [-0.25, -0.2) is 13.8 Å². The second kappa shape index (κ2) is 4.50. The molecule has 88 valence electrons. The van der Waals surface area contributed by atoms with Gasteiger partial charge in [-0.1, -0.05) is 11.6 Å². The summed E-state index contributed by atoms with van der Waals surface area (Å²) in [7, 11) is 0. The first-order chi connectivity index (χ1) is 8.06. The molecule has 0 aliphatic carbocycles. The molecule has 2 aromatic rings. The average Bonchev–Trinajstić information content (AvgIpc) is 2.29. The van der Waals surface area contributed by atoms with E-state index in [0.29, 0.717) is 5.69 Å². The van der Waals surface area contributed by atoms with Gasteiger partial charge in [0.2, 0.25) is 5.95 Å². The van der Waals surface area contributed by atoms with E-state index in [1.54, 1.807) is 0 Å². The molecule has 17 heavy (non-hydrogen) atoms. The summed E-state index contributed by atoms with van der Waals surface area (Å²) in [4.78, 5) is 7.11. The SMILES string of the molecule is Nc1ncc(F)c(Nc2ccc(Cl)c(F)c2)n1. The monoisotopic (exact) mass is 256 g/mol. The van der Waals surface area contributed by atoms with Gasteiger partial charge in [-0.3, -0.25) is 0 Å². The predicted octanol–water partition coefficient (Wildman–Crippen LogP) is 2.73. The van der Waals surface area contributed by atoms with Crippen LogP contribution in [0.2, 0.25) is 5.02 Å². The highest BCUT2D eigenvalue weighted by atomic mass is 35.5. The van der Waals surface area contributed by atoms with Crippen LogP contribution in [0.25, 0.3) is 0 Å². The smallest absolute Gasteiger partial charge is 0.222 e. The van der Waals surface area contributed by atoms with Crippen molar-refractivity contribution >= 4 is 29.1 Å². The van der Waals surface area contributed by atoms with Crippen molar-refractivity contribution in [3.8, 4) is 0 Å². The van der Waals surface area contributed by atoms with Gasteiger partial charge in [0.05, 0.1) is 11.2 Å². The molecule has 0 bridgehead atoms. The zero-order valence-electron chi connectivity index (χ0n) is 8.42. The Morgan fingerprint density at radius 3 is 2.71 bits per heavy atom. The maximum Gasteiger partial charge on any atom is 0.222 e. The second-order valence-corrected chi connectivity index (χ2v) is 3.59. The van der Waals surface area contributed by atoms with Crippen molar-refractivity contribution in [1.82, 2.24) is 9.97 Å². The second-order valence-electron chi connectivity index (χ2n) is 3.18. The fraction of sp³-hybridized carbons (Fsp3) is 0. The zero-order valence-corrected chi connectivity index (χ0v) is 9.17. The number of aromatic nitrogens is 2. The van der Waals surface area contributed by atoms with Crippen molar-refractivity contribution < 1.29 is 8.78 Å². The Hall–Kier alpha value is -1.95. The molecule has 0 amide bonds. The summed E-state index contributed by atoms with van der Waals surface area (Å²) in [5.41, 5.74) is 5.62. The highest BCUT2D eigenvalue weighted by molar-refractivity contribution is 6.30. The van der Waals surface area contributed by atoms with E-state index in [9.17, 15) is 8.78 Å². The van der Waals surface area contributed by atoms with Crippen molar-refractivity contribution in [3.05, 3.63) is 41.1 Å². The van der Waals surface area contributed by atoms with Crippen LogP contribution < -0.4 is 11.1 Å². The first-order valence-electron chi connectivity index (χ1n) is 4.56. The molecule has 2 rings (SSSR count). The molecule has 0 fully saturated rings. The molecule has 0 unspecified atom stereocenters. The number of nitrogens with two attached hydrogens (primary N) is 1. The number of hydrogen-bond donors (Lipinski definition) is 2. The molecule has 0 aliphatic heterocycles. The molecule has 1 heterocycles. The van der Waals surface area contributed by atoms with E-state index in [-0.39, 0.29) is 16.8 Å². The van der Waals surface area contributed by atoms with Gasteiger partial charge in [0, 0.05) is 5.69 Å². The Balaban J connectivity index is 2.31. The summed E-state index contributed by atoms with van der Waals surface area (Å²) >= 11 is 5.52. The quantitative estimate of drug-likeness (QED) is 0.867. The summed E-state index contributed by atoms with van der Waals surface area (Å²) in [6.45, 7) is 0. The molecule has 0 aliphatic rings. The lowest BCUT2D eigenvalue weighted by atomic mass is 10.3. The molecule has 0 saturated carbocycles. The maximum atomic E-state index is 13.3. The maximum absolute atomic E-state index is 13.3. The Kier molecular flexibility index (Phi) is 3.06. The summed E-state index contributed by atoms with van der Waals surface area (Å²) < 4.78 is 26.4. The number of benzene rings is 1. The lowest BCUT2D eigenvalue weighted by Crippen LogP contribution is -2.02. The van der Waals surface area contributed by atoms with E-state index in [0.717, 1.165) is 12.3 Å². The number of rotatable bonds is 2. The van der Waals surface area contributed by atoms with Crippen LogP contribution in [0.1, 0.15) is 0 Å². The third kappa shape index (κ3) is 2.59. The average molecular weight is 257 g/mol. The highest BCUT2D eigenvalue weighted by Gasteiger charge is 2.07. The number of nitrogen functional groups attached to an aromatic ring is 1. The molecular weight excluding hydrogens is 250 g/mol. The number of nitrogens with one attached hydrogen (secondary N) is 1. The van der Waals surface area contributed by atoms with Crippen molar-refractivity contribution in [3.63, 3.8) is 0 Å². The van der Waals surface area contributed by atoms with Crippen LogP contribution in [0, 0.1) is 11.6 Å². The van der Waals surface area contributed by atoms with Crippen LogP contribution in [0.5, 0.6) is 0 Å². The van der Waals surface area contributed by atoms with Gasteiger partial charge >= 0.3 is 0 Å². The summed E-state index contributed by atoms with van der Waals surface area (Å²) in [5, 5.41) is 2.56. The summed E-state index contributed by atoms with van der Waals surface area (Å²) in [5.74, 6) is -1.50. The van der Waals surface area contributed by atoms with Crippen LogP contribution in [-0.2, 0) is 0 Å². The predicted molar refractivity (Wildman–Crippen MR) is 61.1 cm³/mol. The van der Waals surface area contributed by atoms with Crippen LogP contribution in [-0.4, -0.2) is 9.97 Å². The lowest BCUT2D eigenvalue weighted by molar-refractivity contribution is 0.619. The first kappa shape index (κ1) is 11.5. The van der Waals surface area contributed by atoms with Crippen molar-refractivity contribution in [2.75, 3.05) is 11.1 Å². The van der Waals surface area contributed by atoms with Crippen molar-refractivity contribution in [1.29, 1.82) is 0 Å². The van der Waals surface area contributed by atoms with Gasteiger partial charge in [-0.05, 0) is 18.2 Å². The lowest BCUT2D eigenvalue weighted by Gasteiger charge is -2.07. The van der Waals surface area contributed by atoms with E-state index in [2.05, 4.69) is 15.3 Å². The van der Waals surface area contributed by atoms with Crippen LogP contribution in [0.4, 0.5) is 26.2 Å². The Bertz CT molecular complexity index is 562. The minimum absolute atomic E-state index is 0.0155. The Labute approximate surface area is 100 Å². The van der Waals surface area contributed by atoms with Gasteiger partial charge in [0.25, 0.3) is 0 Å². The van der Waals surface area contributed by atoms with E-state index < -0.39 is 11.6 Å². The van der Waals surface area contributed by atoms with Gasteiger partial charge in [-0.15, -0.1) is 0 Å². The zero-order chi connectivity index (χ0) is 12.4. The molecule has 1 aromatic heterocycles. The van der Waals surface area contributed by atoms with Gasteiger partial charge < -0.3 is 11.1 Å². The molecular formula is C10H7ClF2N4. The number of halogens is 3. The minimum atomic E-state index is -0.686. The molecule has 7 heteroatoms. The largest absolute Gasteiger partial charge is 0.368 e. The Morgan fingerprint density at radius 2 is 2.00 bits per heavy atom. The number of anilines is 3. The van der Waals surface area contributed by atoms with Crippen molar-refractivity contribution in [2.24, 2.45) is 0 Å². The number of hydrogen-bond acceptors (Lipinski definition) is 4. The third-order valence-electron chi connectivity index (χ3n) is 1.95. The normalized spacial score (nSPS) is 10.3. The first-order valence-corrected chi connectivity index (χ1v) is 4.94. The van der Waals surface area contributed by atoms with Gasteiger partial charge in [0.15, 0.2) is 11.6 Å². The van der Waals surface area contributed by atoms with Crippen LogP contribution in [0.3, 0.4) is 0 Å². The molecule has 0 saturated heterocycles. The van der Waals surface area contributed by atoms with Gasteiger partial charge in [-0.2, -0.15) is 4.98 Å². The van der Waals surface area contributed by atoms with Crippen LogP contribution >= 0.6 is 11.6 Å². The van der Waals surface area contributed by atoms with Gasteiger partial charge in [0.1, 0.15) is 5.82 Å². The fourth-order valence-corrected chi connectivity index (χ4v) is 1.30. The van der Waals surface area contributed by atoms with Crippen molar-refractivity contribution in [2.45, 2.75) is 0 Å². The molecule has 0 atom stereocenters. The molecule has 0 radical (unpaired) electrons. The molecule has 1 aromatic carbocycles. The van der Waals surface area contributed by atoms with E-state index in [4.69, 9.17) is 17.3 Å². The van der Waals surface area contributed by atoms with E-state index in [1.807, 2.05) is 0 Å². The highest BCUT2D eigenvalue weighted by Crippen LogP contribution is 2.22. The summed E-state index contributed by atoms with van der Waals surface area (Å²) in [6, 6.07) is 3.96. The topological polar surface area (TPSA) is 63.8 Å². The minimum Gasteiger partial charge on any atom is -0.368 e. The fourth-order valence-electron chi connectivity index (χ4n) is 1.18.